The normalized spacial score (nSPS) is 17.4. The number of aliphatic imine (C=N–C) groups is 1. The quantitative estimate of drug-likeness (QED) is 0.266. The summed E-state index contributed by atoms with van der Waals surface area (Å²) in [6.07, 6.45) is 1.70. The second kappa shape index (κ2) is 10.4. The Labute approximate surface area is 230 Å². The van der Waals surface area contributed by atoms with Crippen LogP contribution in [0.25, 0.3) is 0 Å². The van der Waals surface area contributed by atoms with Crippen molar-refractivity contribution in [2.45, 2.75) is 26.6 Å². The Morgan fingerprint density at radius 3 is 2.67 bits per heavy atom. The van der Waals surface area contributed by atoms with Gasteiger partial charge in [-0.1, -0.05) is 48.9 Å². The molecular formula is C29H27ClN6O3. The zero-order valence-corrected chi connectivity index (χ0v) is 22.2. The van der Waals surface area contributed by atoms with Crippen molar-refractivity contribution in [3.05, 3.63) is 94.6 Å². The molecule has 0 saturated carbocycles. The molecule has 10 heteroatoms. The molecule has 3 heterocycles. The summed E-state index contributed by atoms with van der Waals surface area (Å²) in [6.45, 7) is 4.87. The average molecular weight is 543 g/mol. The molecular weight excluding hydrogens is 516 g/mol. The molecule has 2 aliphatic rings. The fourth-order valence-corrected chi connectivity index (χ4v) is 5.08. The second-order valence-corrected chi connectivity index (χ2v) is 9.94. The summed E-state index contributed by atoms with van der Waals surface area (Å²) >= 11 is 6.54. The number of hydrogen-bond donors (Lipinski definition) is 3. The number of carbonyl (C=O) groups is 1. The Bertz CT molecular complexity index is 1580. The predicted octanol–water partition coefficient (Wildman–Crippen LogP) is 6.28. The van der Waals surface area contributed by atoms with Gasteiger partial charge < -0.3 is 20.1 Å². The zero-order valence-electron chi connectivity index (χ0n) is 21.4. The van der Waals surface area contributed by atoms with Crippen molar-refractivity contribution >= 4 is 40.5 Å². The molecule has 0 fully saturated rings. The van der Waals surface area contributed by atoms with Crippen molar-refractivity contribution in [3.8, 4) is 11.5 Å². The van der Waals surface area contributed by atoms with Gasteiger partial charge in [0.05, 0.1) is 11.9 Å². The third kappa shape index (κ3) is 5.06. The van der Waals surface area contributed by atoms with E-state index in [0.29, 0.717) is 34.4 Å². The Morgan fingerprint density at radius 2 is 1.82 bits per heavy atom. The first kappa shape index (κ1) is 25.0. The first-order chi connectivity index (χ1) is 19.0. The fourth-order valence-electron chi connectivity index (χ4n) is 4.85. The number of amides is 2. The van der Waals surface area contributed by atoms with Gasteiger partial charge in [-0.2, -0.15) is 5.10 Å². The van der Waals surface area contributed by atoms with Gasteiger partial charge in [-0.15, -0.1) is 0 Å². The number of anilines is 2. The number of ether oxygens (including phenoxy) is 2. The number of nitrogens with zero attached hydrogens (tertiary/aromatic N) is 3. The van der Waals surface area contributed by atoms with E-state index in [4.69, 9.17) is 26.1 Å². The Kier molecular flexibility index (Phi) is 6.68. The molecule has 4 aromatic rings. The molecule has 0 bridgehead atoms. The van der Waals surface area contributed by atoms with Gasteiger partial charge in [-0.3, -0.25) is 5.32 Å². The molecule has 3 N–H and O–H groups in total. The number of benzene rings is 3. The van der Waals surface area contributed by atoms with Gasteiger partial charge in [0.1, 0.15) is 6.17 Å². The van der Waals surface area contributed by atoms with E-state index in [9.17, 15) is 4.79 Å². The minimum absolute atomic E-state index is 0.00508. The fraction of sp³-hybridized carbons (Fsp3) is 0.207. The molecule has 2 atom stereocenters. The van der Waals surface area contributed by atoms with E-state index in [1.54, 1.807) is 18.2 Å². The van der Waals surface area contributed by atoms with Crippen molar-refractivity contribution in [3.63, 3.8) is 0 Å². The van der Waals surface area contributed by atoms with E-state index in [2.05, 4.69) is 28.0 Å². The van der Waals surface area contributed by atoms with E-state index in [1.165, 1.54) is 0 Å². The smallest absolute Gasteiger partial charge is 0.323 e. The van der Waals surface area contributed by atoms with Crippen LogP contribution in [-0.2, 0) is 6.54 Å². The molecule has 0 aliphatic carbocycles. The number of carbonyl (C=O) groups excluding carboxylic acids is 1. The highest BCUT2D eigenvalue weighted by Gasteiger charge is 2.32. The maximum atomic E-state index is 12.6. The molecule has 0 spiro atoms. The minimum atomic E-state index is -0.350. The number of rotatable bonds is 6. The van der Waals surface area contributed by atoms with Crippen LogP contribution in [0, 0.1) is 12.8 Å². The van der Waals surface area contributed by atoms with E-state index in [1.807, 2.05) is 66.3 Å². The molecule has 1 aromatic heterocycles. The van der Waals surface area contributed by atoms with E-state index >= 15 is 0 Å². The van der Waals surface area contributed by atoms with Gasteiger partial charge in [0.2, 0.25) is 6.79 Å². The maximum Gasteiger partial charge on any atom is 0.323 e. The molecule has 2 amide bonds. The first-order valence-electron chi connectivity index (χ1n) is 12.6. The Balaban J connectivity index is 1.15. The van der Waals surface area contributed by atoms with Crippen LogP contribution in [0.5, 0.6) is 11.5 Å². The van der Waals surface area contributed by atoms with Crippen molar-refractivity contribution in [1.82, 2.24) is 15.1 Å². The van der Waals surface area contributed by atoms with Gasteiger partial charge in [0.25, 0.3) is 0 Å². The third-order valence-corrected chi connectivity index (χ3v) is 7.15. The van der Waals surface area contributed by atoms with Crippen LogP contribution in [-0.4, -0.2) is 28.3 Å². The van der Waals surface area contributed by atoms with E-state index in [0.717, 1.165) is 28.2 Å². The average Bonchev–Trinajstić information content (AvgIpc) is 3.54. The summed E-state index contributed by atoms with van der Waals surface area (Å²) < 4.78 is 12.6. The molecule has 6 rings (SSSR count). The first-order valence-corrected chi connectivity index (χ1v) is 13.0. The lowest BCUT2D eigenvalue weighted by Gasteiger charge is -2.32. The lowest BCUT2D eigenvalue weighted by molar-refractivity contribution is 0.174. The summed E-state index contributed by atoms with van der Waals surface area (Å²) in [5.41, 5.74) is 5.14. The molecule has 0 saturated heterocycles. The molecule has 9 nitrogen and oxygen atoms in total. The van der Waals surface area contributed by atoms with Crippen LogP contribution in [0.15, 0.2) is 77.9 Å². The van der Waals surface area contributed by atoms with Crippen LogP contribution < -0.4 is 25.4 Å². The Morgan fingerprint density at radius 1 is 1.03 bits per heavy atom. The topological polar surface area (TPSA) is 102 Å². The van der Waals surface area contributed by atoms with Gasteiger partial charge in [0.15, 0.2) is 17.3 Å². The summed E-state index contributed by atoms with van der Waals surface area (Å²) in [4.78, 5) is 17.6. The van der Waals surface area contributed by atoms with Crippen molar-refractivity contribution in [2.75, 3.05) is 17.4 Å². The number of halogens is 1. The number of aryl methyl sites for hydroxylation is 1. The standard InChI is InChI=1S/C29H27ClN6O3/c1-17-14-32-36-27(17)35-26(22-8-3-4-9-23(22)30)18(2)28(36)31-15-19-6-5-7-20(12-19)33-29(37)34-21-10-11-24-25(13-21)39-16-38-24/h3-14,18,28,31H,15-16H2,1-2H3,(H2,33,34,37). The lowest BCUT2D eigenvalue weighted by atomic mass is 9.93. The van der Waals surface area contributed by atoms with Crippen LogP contribution >= 0.6 is 11.6 Å². The maximum absolute atomic E-state index is 12.6. The van der Waals surface area contributed by atoms with E-state index < -0.39 is 0 Å². The molecule has 198 valence electrons. The highest BCUT2D eigenvalue weighted by Crippen LogP contribution is 2.36. The highest BCUT2D eigenvalue weighted by atomic mass is 35.5. The Hall–Kier alpha value is -4.34. The summed E-state index contributed by atoms with van der Waals surface area (Å²) in [7, 11) is 0. The number of fused-ring (bicyclic) bond motifs is 2. The largest absolute Gasteiger partial charge is 0.454 e. The predicted molar refractivity (Wildman–Crippen MR) is 151 cm³/mol. The molecule has 3 aromatic carbocycles. The summed E-state index contributed by atoms with van der Waals surface area (Å²) in [5, 5.41) is 14.6. The van der Waals surface area contributed by atoms with Crippen LogP contribution in [0.2, 0.25) is 5.02 Å². The lowest BCUT2D eigenvalue weighted by Crippen LogP contribution is -2.38. The highest BCUT2D eigenvalue weighted by molar-refractivity contribution is 6.34. The van der Waals surface area contributed by atoms with Crippen molar-refractivity contribution < 1.29 is 14.3 Å². The van der Waals surface area contributed by atoms with Gasteiger partial charge in [0, 0.05) is 46.1 Å². The number of aromatic nitrogens is 2. The van der Waals surface area contributed by atoms with Crippen LogP contribution in [0.4, 0.5) is 22.0 Å². The number of hydrogen-bond acceptors (Lipinski definition) is 6. The molecule has 39 heavy (non-hydrogen) atoms. The summed E-state index contributed by atoms with van der Waals surface area (Å²) in [5.74, 6) is 2.09. The number of urea groups is 1. The third-order valence-electron chi connectivity index (χ3n) is 6.82. The monoisotopic (exact) mass is 542 g/mol. The number of nitrogens with one attached hydrogen (secondary N) is 3. The molecule has 0 radical (unpaired) electrons. The zero-order chi connectivity index (χ0) is 26.9. The van der Waals surface area contributed by atoms with Gasteiger partial charge in [-0.25, -0.2) is 14.5 Å². The van der Waals surface area contributed by atoms with Crippen LogP contribution in [0.1, 0.15) is 29.8 Å². The van der Waals surface area contributed by atoms with Crippen molar-refractivity contribution in [1.29, 1.82) is 0 Å². The summed E-state index contributed by atoms with van der Waals surface area (Å²) in [6, 6.07) is 20.4. The molecule has 2 aliphatic heterocycles. The van der Waals surface area contributed by atoms with Gasteiger partial charge in [-0.05, 0) is 42.8 Å². The van der Waals surface area contributed by atoms with Crippen molar-refractivity contribution in [2.24, 2.45) is 10.9 Å². The SMILES string of the molecule is Cc1cnn2c1N=C(c1ccccc1Cl)C(C)C2NCc1cccc(NC(=O)Nc2ccc3c(c2)OCO3)c1. The molecule has 2 unspecified atom stereocenters. The minimum Gasteiger partial charge on any atom is -0.454 e. The van der Waals surface area contributed by atoms with Gasteiger partial charge >= 0.3 is 6.03 Å². The van der Waals surface area contributed by atoms with Crippen LogP contribution in [0.3, 0.4) is 0 Å². The second-order valence-electron chi connectivity index (χ2n) is 9.53. The van der Waals surface area contributed by atoms with E-state index in [-0.39, 0.29) is 24.9 Å².